The van der Waals surface area contributed by atoms with Crippen molar-refractivity contribution in [3.8, 4) is 0 Å². The second-order valence-electron chi connectivity index (χ2n) is 2.30. The van der Waals surface area contributed by atoms with Crippen LogP contribution >= 0.6 is 15.9 Å². The Morgan fingerprint density at radius 3 is 2.58 bits per heavy atom. The van der Waals surface area contributed by atoms with E-state index in [4.69, 9.17) is 5.11 Å². The molecule has 1 aromatic carbocycles. The summed E-state index contributed by atoms with van der Waals surface area (Å²) in [6, 6.07) is 4.42. The van der Waals surface area contributed by atoms with E-state index in [-0.39, 0.29) is 17.7 Å². The van der Waals surface area contributed by atoms with Crippen LogP contribution in [0.15, 0.2) is 22.7 Å². The van der Waals surface area contributed by atoms with Crippen molar-refractivity contribution in [1.82, 2.24) is 0 Å². The molecule has 0 atom stereocenters. The molecule has 0 saturated heterocycles. The molecule has 0 aliphatic heterocycles. The molecule has 1 N–H and O–H groups in total. The molecule has 0 unspecified atom stereocenters. The van der Waals surface area contributed by atoms with Crippen molar-refractivity contribution >= 4 is 15.9 Å². The Labute approximate surface area is 77.2 Å². The van der Waals surface area contributed by atoms with Crippen molar-refractivity contribution in [1.29, 1.82) is 0 Å². The molecular formula is C8H7BrF2O. The lowest BCUT2D eigenvalue weighted by Crippen LogP contribution is -1.93. The van der Waals surface area contributed by atoms with Crippen molar-refractivity contribution in [2.75, 3.05) is 0 Å². The van der Waals surface area contributed by atoms with Gasteiger partial charge in [-0.2, -0.15) is 0 Å². The van der Waals surface area contributed by atoms with Gasteiger partial charge in [-0.1, -0.05) is 22.0 Å². The second kappa shape index (κ2) is 3.96. The van der Waals surface area contributed by atoms with Crippen molar-refractivity contribution in [3.63, 3.8) is 0 Å². The van der Waals surface area contributed by atoms with Gasteiger partial charge in [0.1, 0.15) is 0 Å². The minimum Gasteiger partial charge on any atom is -0.392 e. The Bertz CT molecular complexity index is 276. The lowest BCUT2D eigenvalue weighted by atomic mass is 10.1. The topological polar surface area (TPSA) is 20.2 Å². The first-order valence-corrected chi connectivity index (χ1v) is 4.11. The smallest absolute Gasteiger partial charge is 0.264 e. The first-order valence-electron chi connectivity index (χ1n) is 3.32. The number of hydrogen-bond acceptors (Lipinski definition) is 1. The Balaban J connectivity index is 3.12. The van der Waals surface area contributed by atoms with E-state index >= 15 is 0 Å². The molecule has 1 rings (SSSR count). The first-order chi connectivity index (χ1) is 5.65. The first kappa shape index (κ1) is 9.61. The maximum Gasteiger partial charge on any atom is 0.264 e. The fourth-order valence-corrected chi connectivity index (χ4v) is 1.29. The van der Waals surface area contributed by atoms with Gasteiger partial charge < -0.3 is 5.11 Å². The highest BCUT2D eigenvalue weighted by molar-refractivity contribution is 9.10. The van der Waals surface area contributed by atoms with Crippen LogP contribution in [-0.4, -0.2) is 5.11 Å². The molecule has 1 aromatic rings. The standard InChI is InChI=1S/C8H7BrF2O/c9-6-2-1-5(4-12)7(3-6)8(10)11/h1-3,8,12H,4H2. The van der Waals surface area contributed by atoms with Crippen molar-refractivity contribution in [3.05, 3.63) is 33.8 Å². The number of aliphatic hydroxyl groups is 1. The highest BCUT2D eigenvalue weighted by Gasteiger charge is 2.11. The average Bonchev–Trinajstić information content (AvgIpc) is 2.04. The summed E-state index contributed by atoms with van der Waals surface area (Å²) in [6.07, 6.45) is -2.54. The zero-order valence-electron chi connectivity index (χ0n) is 6.10. The van der Waals surface area contributed by atoms with Gasteiger partial charge in [0.05, 0.1) is 6.61 Å². The summed E-state index contributed by atoms with van der Waals surface area (Å²) in [5, 5.41) is 8.71. The van der Waals surface area contributed by atoms with Crippen LogP contribution in [0.5, 0.6) is 0 Å². The predicted molar refractivity (Wildman–Crippen MR) is 45.0 cm³/mol. The molecule has 0 aromatic heterocycles. The maximum absolute atomic E-state index is 12.3. The Hall–Kier alpha value is -0.480. The molecule has 0 heterocycles. The second-order valence-corrected chi connectivity index (χ2v) is 3.22. The molecule has 0 fully saturated rings. The molecular weight excluding hydrogens is 230 g/mol. The van der Waals surface area contributed by atoms with Gasteiger partial charge in [0, 0.05) is 10.0 Å². The highest BCUT2D eigenvalue weighted by atomic mass is 79.9. The van der Waals surface area contributed by atoms with Gasteiger partial charge in [-0.3, -0.25) is 0 Å². The third kappa shape index (κ3) is 2.01. The summed E-state index contributed by atoms with van der Waals surface area (Å²) in [4.78, 5) is 0. The van der Waals surface area contributed by atoms with Crippen LogP contribution < -0.4 is 0 Å². The van der Waals surface area contributed by atoms with Crippen LogP contribution in [0.2, 0.25) is 0 Å². The third-order valence-corrected chi connectivity index (χ3v) is 2.01. The SMILES string of the molecule is OCc1ccc(Br)cc1C(F)F. The molecule has 0 spiro atoms. The largest absolute Gasteiger partial charge is 0.392 e. The number of alkyl halides is 2. The summed E-state index contributed by atoms with van der Waals surface area (Å²) >= 11 is 3.08. The summed E-state index contributed by atoms with van der Waals surface area (Å²) in [5.41, 5.74) is 0.153. The molecule has 0 aliphatic carbocycles. The van der Waals surface area contributed by atoms with Crippen LogP contribution in [0.25, 0.3) is 0 Å². The van der Waals surface area contributed by atoms with Gasteiger partial charge >= 0.3 is 0 Å². The molecule has 0 amide bonds. The zero-order chi connectivity index (χ0) is 9.14. The lowest BCUT2D eigenvalue weighted by molar-refractivity contribution is 0.147. The molecule has 0 aliphatic rings. The van der Waals surface area contributed by atoms with Gasteiger partial charge in [0.25, 0.3) is 6.43 Å². The van der Waals surface area contributed by atoms with Crippen LogP contribution in [0.3, 0.4) is 0 Å². The van der Waals surface area contributed by atoms with Crippen molar-refractivity contribution in [2.45, 2.75) is 13.0 Å². The third-order valence-electron chi connectivity index (χ3n) is 1.51. The average molecular weight is 237 g/mol. The van der Waals surface area contributed by atoms with E-state index in [1.165, 1.54) is 12.1 Å². The molecule has 0 radical (unpaired) electrons. The molecule has 1 nitrogen and oxygen atoms in total. The van der Waals surface area contributed by atoms with Crippen LogP contribution in [-0.2, 0) is 6.61 Å². The van der Waals surface area contributed by atoms with E-state index in [0.29, 0.717) is 4.47 Å². The highest BCUT2D eigenvalue weighted by Crippen LogP contribution is 2.26. The normalized spacial score (nSPS) is 10.8. The molecule has 4 heteroatoms. The molecule has 66 valence electrons. The number of halogens is 3. The van der Waals surface area contributed by atoms with E-state index in [9.17, 15) is 8.78 Å². The van der Waals surface area contributed by atoms with Crippen LogP contribution in [0.1, 0.15) is 17.6 Å². The zero-order valence-corrected chi connectivity index (χ0v) is 7.68. The number of benzene rings is 1. The van der Waals surface area contributed by atoms with Gasteiger partial charge in [0.2, 0.25) is 0 Å². The summed E-state index contributed by atoms with van der Waals surface area (Å²) in [7, 11) is 0. The van der Waals surface area contributed by atoms with E-state index in [1.807, 2.05) is 0 Å². The summed E-state index contributed by atoms with van der Waals surface area (Å²) in [5.74, 6) is 0. The summed E-state index contributed by atoms with van der Waals surface area (Å²) in [6.45, 7) is -0.354. The van der Waals surface area contributed by atoms with Crippen LogP contribution in [0.4, 0.5) is 8.78 Å². The summed E-state index contributed by atoms with van der Waals surface area (Å²) < 4.78 is 25.1. The number of rotatable bonds is 2. The molecule has 12 heavy (non-hydrogen) atoms. The fraction of sp³-hybridized carbons (Fsp3) is 0.250. The minimum atomic E-state index is -2.54. The fourth-order valence-electron chi connectivity index (χ4n) is 0.913. The lowest BCUT2D eigenvalue weighted by Gasteiger charge is -2.05. The quantitative estimate of drug-likeness (QED) is 0.838. The Morgan fingerprint density at radius 2 is 2.08 bits per heavy atom. The van der Waals surface area contributed by atoms with E-state index in [1.54, 1.807) is 6.07 Å². The van der Waals surface area contributed by atoms with Crippen LogP contribution in [0, 0.1) is 0 Å². The predicted octanol–water partition coefficient (Wildman–Crippen LogP) is 2.88. The van der Waals surface area contributed by atoms with Crippen molar-refractivity contribution < 1.29 is 13.9 Å². The minimum absolute atomic E-state index is 0.119. The van der Waals surface area contributed by atoms with Gasteiger partial charge in [-0.25, -0.2) is 8.78 Å². The van der Waals surface area contributed by atoms with E-state index in [2.05, 4.69) is 15.9 Å². The van der Waals surface area contributed by atoms with Gasteiger partial charge in [-0.05, 0) is 17.7 Å². The molecule has 0 bridgehead atoms. The Kier molecular flexibility index (Phi) is 3.17. The van der Waals surface area contributed by atoms with Gasteiger partial charge in [-0.15, -0.1) is 0 Å². The molecule has 0 saturated carbocycles. The maximum atomic E-state index is 12.3. The Morgan fingerprint density at radius 1 is 1.42 bits per heavy atom. The number of hydrogen-bond donors (Lipinski definition) is 1. The monoisotopic (exact) mass is 236 g/mol. The van der Waals surface area contributed by atoms with Gasteiger partial charge in [0.15, 0.2) is 0 Å². The van der Waals surface area contributed by atoms with E-state index in [0.717, 1.165) is 0 Å². The van der Waals surface area contributed by atoms with E-state index < -0.39 is 6.43 Å². The van der Waals surface area contributed by atoms with Crippen molar-refractivity contribution in [2.24, 2.45) is 0 Å². The number of aliphatic hydroxyl groups excluding tert-OH is 1.